The lowest BCUT2D eigenvalue weighted by atomic mass is 9.99. The van der Waals surface area contributed by atoms with Crippen molar-refractivity contribution < 1.29 is 14.6 Å². The van der Waals surface area contributed by atoms with Gasteiger partial charge in [0.2, 0.25) is 11.7 Å². The molecule has 1 aromatic carbocycles. The summed E-state index contributed by atoms with van der Waals surface area (Å²) >= 11 is 11.9. The molecule has 1 heterocycles. The Labute approximate surface area is 160 Å². The van der Waals surface area contributed by atoms with E-state index in [1.807, 2.05) is 0 Å². The summed E-state index contributed by atoms with van der Waals surface area (Å²) in [5.41, 5.74) is -0.844. The number of ether oxygens (including phenoxy) is 1. The van der Waals surface area contributed by atoms with Gasteiger partial charge < -0.3 is 9.84 Å². The Hall–Kier alpha value is -2.49. The van der Waals surface area contributed by atoms with E-state index in [4.69, 9.17) is 27.9 Å². The number of hydrogen-bond donors (Lipinski definition) is 1. The zero-order chi connectivity index (χ0) is 19.6. The lowest BCUT2D eigenvalue weighted by Crippen LogP contribution is -2.30. The molecule has 0 aliphatic heterocycles. The van der Waals surface area contributed by atoms with E-state index in [1.54, 1.807) is 19.1 Å². The predicted molar refractivity (Wildman–Crippen MR) is 98.4 cm³/mol. The molecule has 0 amide bonds. The Balaban J connectivity index is 2.49. The van der Waals surface area contributed by atoms with Crippen LogP contribution in [0.3, 0.4) is 0 Å². The van der Waals surface area contributed by atoms with Crippen molar-refractivity contribution >= 4 is 29.0 Å². The van der Waals surface area contributed by atoms with E-state index in [0.717, 1.165) is 4.57 Å². The molecule has 0 aliphatic rings. The third-order valence-corrected chi connectivity index (χ3v) is 4.46. The predicted octanol–water partition coefficient (Wildman–Crippen LogP) is 3.71. The topological polar surface area (TPSA) is 92.3 Å². The molecule has 1 N–H and O–H groups in total. The Morgan fingerprint density at radius 1 is 1.42 bits per heavy atom. The van der Waals surface area contributed by atoms with Gasteiger partial charge in [-0.05, 0) is 44.5 Å². The first kappa shape index (κ1) is 19.8. The van der Waals surface area contributed by atoms with Crippen molar-refractivity contribution in [1.29, 1.82) is 5.26 Å². The minimum Gasteiger partial charge on any atom is -0.494 e. The van der Waals surface area contributed by atoms with Crippen LogP contribution in [-0.2, 0) is 6.54 Å². The molecule has 8 heteroatoms. The van der Waals surface area contributed by atoms with E-state index in [1.165, 1.54) is 26.0 Å². The van der Waals surface area contributed by atoms with E-state index in [9.17, 15) is 20.0 Å². The highest BCUT2D eigenvalue weighted by Crippen LogP contribution is 2.30. The molecule has 0 saturated carbocycles. The SMILES string of the molecule is CCn1c(O)c(C(=O)C(C)Oc2ccc(Cl)cc2Cl)c(C)c(C#N)c1=O. The highest BCUT2D eigenvalue weighted by atomic mass is 35.5. The van der Waals surface area contributed by atoms with Crippen LogP contribution in [0.15, 0.2) is 23.0 Å². The first-order valence-corrected chi connectivity index (χ1v) is 8.50. The smallest absolute Gasteiger partial charge is 0.271 e. The van der Waals surface area contributed by atoms with E-state index in [0.29, 0.717) is 5.02 Å². The van der Waals surface area contributed by atoms with E-state index in [-0.39, 0.29) is 34.0 Å². The minimum absolute atomic E-state index is 0.109. The van der Waals surface area contributed by atoms with Crippen molar-refractivity contribution in [1.82, 2.24) is 4.57 Å². The first-order chi connectivity index (χ1) is 12.2. The molecule has 0 fully saturated rings. The van der Waals surface area contributed by atoms with Crippen LogP contribution in [0.1, 0.15) is 35.3 Å². The van der Waals surface area contributed by atoms with Gasteiger partial charge in [-0.15, -0.1) is 0 Å². The number of rotatable bonds is 5. The Kier molecular flexibility index (Phi) is 5.96. The summed E-state index contributed by atoms with van der Waals surface area (Å²) in [6, 6.07) is 6.35. The van der Waals surface area contributed by atoms with Crippen molar-refractivity contribution in [3.8, 4) is 17.7 Å². The van der Waals surface area contributed by atoms with Crippen LogP contribution in [0.5, 0.6) is 11.6 Å². The lowest BCUT2D eigenvalue weighted by molar-refractivity contribution is 0.0813. The summed E-state index contributed by atoms with van der Waals surface area (Å²) in [6.45, 7) is 4.66. The zero-order valence-electron chi connectivity index (χ0n) is 14.3. The third kappa shape index (κ3) is 3.55. The Morgan fingerprint density at radius 3 is 2.62 bits per heavy atom. The van der Waals surface area contributed by atoms with Crippen LogP contribution in [0.2, 0.25) is 10.0 Å². The largest absolute Gasteiger partial charge is 0.494 e. The van der Waals surface area contributed by atoms with E-state index >= 15 is 0 Å². The Morgan fingerprint density at radius 2 is 2.08 bits per heavy atom. The van der Waals surface area contributed by atoms with Gasteiger partial charge in [-0.3, -0.25) is 14.2 Å². The summed E-state index contributed by atoms with van der Waals surface area (Å²) < 4.78 is 6.56. The number of Topliss-reactive ketones (excluding diaryl/α,β-unsaturated/α-hetero) is 1. The molecule has 0 radical (unpaired) electrons. The second-order valence-electron chi connectivity index (χ2n) is 5.56. The summed E-state index contributed by atoms with van der Waals surface area (Å²) in [5, 5.41) is 20.3. The van der Waals surface area contributed by atoms with Gasteiger partial charge in [-0.2, -0.15) is 5.26 Å². The molecule has 1 atom stereocenters. The van der Waals surface area contributed by atoms with E-state index in [2.05, 4.69) is 0 Å². The molecular weight excluding hydrogens is 379 g/mol. The Bertz CT molecular complexity index is 977. The number of halogens is 2. The molecule has 2 aromatic rings. The van der Waals surface area contributed by atoms with Gasteiger partial charge in [0, 0.05) is 11.6 Å². The molecule has 6 nitrogen and oxygen atoms in total. The van der Waals surface area contributed by atoms with Gasteiger partial charge in [0.15, 0.2) is 6.10 Å². The van der Waals surface area contributed by atoms with Crippen molar-refractivity contribution in [2.24, 2.45) is 0 Å². The minimum atomic E-state index is -1.02. The zero-order valence-corrected chi connectivity index (χ0v) is 15.9. The van der Waals surface area contributed by atoms with Gasteiger partial charge in [-0.25, -0.2) is 0 Å². The number of hydrogen-bond acceptors (Lipinski definition) is 5. The van der Waals surface area contributed by atoms with Crippen molar-refractivity contribution in [2.75, 3.05) is 0 Å². The average Bonchev–Trinajstić information content (AvgIpc) is 2.58. The van der Waals surface area contributed by atoms with Crippen LogP contribution < -0.4 is 10.3 Å². The van der Waals surface area contributed by atoms with Gasteiger partial charge in [0.1, 0.15) is 17.4 Å². The van der Waals surface area contributed by atoms with Crippen LogP contribution in [0.4, 0.5) is 0 Å². The molecule has 26 heavy (non-hydrogen) atoms. The summed E-state index contributed by atoms with van der Waals surface area (Å²) in [4.78, 5) is 25.0. The molecule has 2 rings (SSSR count). The van der Waals surface area contributed by atoms with Gasteiger partial charge in [0.05, 0.1) is 10.6 Å². The number of nitrogens with zero attached hydrogens (tertiary/aromatic N) is 2. The molecule has 1 unspecified atom stereocenters. The summed E-state index contributed by atoms with van der Waals surface area (Å²) in [6.07, 6.45) is -1.02. The quantitative estimate of drug-likeness (QED) is 0.780. The fraction of sp³-hybridized carbons (Fsp3) is 0.278. The second kappa shape index (κ2) is 7.81. The van der Waals surface area contributed by atoms with Crippen molar-refractivity contribution in [3.63, 3.8) is 0 Å². The standard InChI is InChI=1S/C18H16Cl2N2O4/c1-4-22-17(24)12(8-21)9(2)15(18(22)25)16(23)10(3)26-14-6-5-11(19)7-13(14)20/h5-7,10,25H,4H2,1-3H3. The molecule has 0 bridgehead atoms. The molecule has 136 valence electrons. The van der Waals surface area contributed by atoms with Gasteiger partial charge in [0.25, 0.3) is 5.56 Å². The van der Waals surface area contributed by atoms with Crippen LogP contribution >= 0.6 is 23.2 Å². The molecule has 1 aromatic heterocycles. The van der Waals surface area contributed by atoms with Crippen LogP contribution in [0, 0.1) is 18.3 Å². The van der Waals surface area contributed by atoms with Crippen molar-refractivity contribution in [3.05, 3.63) is 55.3 Å². The summed E-state index contributed by atoms with van der Waals surface area (Å²) in [5.74, 6) is -0.820. The van der Waals surface area contributed by atoms with Gasteiger partial charge in [-0.1, -0.05) is 23.2 Å². The molecule has 0 saturated heterocycles. The maximum Gasteiger partial charge on any atom is 0.271 e. The number of carbonyl (C=O) groups is 1. The normalized spacial score (nSPS) is 11.7. The molecular formula is C18H16Cl2N2O4. The monoisotopic (exact) mass is 394 g/mol. The number of nitriles is 1. The number of carbonyl (C=O) groups excluding carboxylic acids is 1. The first-order valence-electron chi connectivity index (χ1n) is 7.75. The van der Waals surface area contributed by atoms with Crippen LogP contribution in [0.25, 0.3) is 0 Å². The number of benzene rings is 1. The maximum absolute atomic E-state index is 12.8. The highest BCUT2D eigenvalue weighted by molar-refractivity contribution is 6.35. The number of ketones is 1. The highest BCUT2D eigenvalue weighted by Gasteiger charge is 2.28. The number of pyridine rings is 1. The fourth-order valence-corrected chi connectivity index (χ4v) is 3.01. The maximum atomic E-state index is 12.8. The van der Waals surface area contributed by atoms with Crippen molar-refractivity contribution in [2.45, 2.75) is 33.4 Å². The average molecular weight is 395 g/mol. The lowest BCUT2D eigenvalue weighted by Gasteiger charge is -2.19. The third-order valence-electron chi connectivity index (χ3n) is 3.93. The molecule has 0 aliphatic carbocycles. The fourth-order valence-electron chi connectivity index (χ4n) is 2.56. The molecule has 0 spiro atoms. The summed E-state index contributed by atoms with van der Waals surface area (Å²) in [7, 11) is 0. The van der Waals surface area contributed by atoms with E-state index < -0.39 is 23.3 Å². The number of aromatic hydroxyl groups is 1. The second-order valence-corrected chi connectivity index (χ2v) is 6.40. The van der Waals surface area contributed by atoms with Gasteiger partial charge >= 0.3 is 0 Å². The van der Waals surface area contributed by atoms with Crippen LogP contribution in [-0.4, -0.2) is 21.6 Å². The number of aromatic nitrogens is 1.